The van der Waals surface area contributed by atoms with Crippen LogP contribution in [0.3, 0.4) is 0 Å². The summed E-state index contributed by atoms with van der Waals surface area (Å²) in [4.78, 5) is 63.2. The normalized spacial score (nSPS) is 21.0. The second-order valence-electron chi connectivity index (χ2n) is 15.6. The molecule has 1 unspecified atom stereocenters. The molecule has 12 nitrogen and oxygen atoms in total. The number of piperidine rings is 2. The Bertz CT molecular complexity index is 2480. The number of carbonyl (C=O) groups is 3. The van der Waals surface area contributed by atoms with Gasteiger partial charge in [0.15, 0.2) is 0 Å². The summed E-state index contributed by atoms with van der Waals surface area (Å²) in [5.41, 5.74) is -0.362. The maximum Gasteiger partial charge on any atom is 0.433 e. The summed E-state index contributed by atoms with van der Waals surface area (Å²) >= 11 is 1.42. The Labute approximate surface area is 333 Å². The maximum absolute atomic E-state index is 15.1. The smallest absolute Gasteiger partial charge is 0.370 e. The van der Waals surface area contributed by atoms with Crippen LogP contribution in [0.4, 0.5) is 33.3 Å². The third kappa shape index (κ3) is 7.70. The van der Waals surface area contributed by atoms with Crippen molar-refractivity contribution < 1.29 is 36.3 Å². The fraction of sp³-hybridized carbons (Fsp3) is 0.450. The van der Waals surface area contributed by atoms with E-state index < -0.39 is 58.7 Å². The number of fused-ring (bicyclic) bond motifs is 2. The van der Waals surface area contributed by atoms with Crippen LogP contribution < -0.4 is 21.2 Å². The van der Waals surface area contributed by atoms with E-state index in [0.29, 0.717) is 52.0 Å². The predicted octanol–water partition coefficient (Wildman–Crippen LogP) is 6.75. The lowest BCUT2D eigenvalue weighted by Crippen LogP contribution is -2.45. The molecule has 0 radical (unpaired) electrons. The number of carbonyl (C=O) groups excluding carboxylic acids is 3. The van der Waals surface area contributed by atoms with E-state index in [9.17, 15) is 32.3 Å². The minimum atomic E-state index is -4.72. The van der Waals surface area contributed by atoms with Gasteiger partial charge in [0.05, 0.1) is 37.6 Å². The lowest BCUT2D eigenvalue weighted by Gasteiger charge is -2.40. The summed E-state index contributed by atoms with van der Waals surface area (Å²) in [5, 5.41) is 5.53. The number of hydrogen-bond acceptors (Lipinski definition) is 9. The van der Waals surface area contributed by atoms with Crippen molar-refractivity contribution in [3.63, 3.8) is 0 Å². The van der Waals surface area contributed by atoms with Gasteiger partial charge in [-0.05, 0) is 88.2 Å². The van der Waals surface area contributed by atoms with Gasteiger partial charge in [-0.2, -0.15) is 13.2 Å². The zero-order valence-electron chi connectivity index (χ0n) is 31.7. The molecular weight excluding hydrogens is 784 g/mol. The quantitative estimate of drug-likeness (QED) is 0.130. The molecule has 5 aromatic rings. The molecule has 1 aliphatic carbocycles. The number of imide groups is 1. The standard InChI is InChI=1S/C40H41F5N8O4S/c1-50(24-12-14-52(15-13-24)30-16-23(41)17-31-35(30)51(2)39(57)53(31)29-10-11-34(54)49-37(29)56)20-21-6-8-22(9-7-21)38-48-28-18-25(42)27(19-32(28)58-38)47-36(55)26-4-3-5-33(46-26)40(43,44)45/h3-5,16-19,21-22,24,29H,6-15,20H2,1-2H3,(H,47,55)(H,49,54,56). The zero-order valence-corrected chi connectivity index (χ0v) is 32.6. The number of anilines is 2. The van der Waals surface area contributed by atoms with Crippen LogP contribution in [-0.4, -0.2) is 74.4 Å². The number of hydrogen-bond donors (Lipinski definition) is 2. The van der Waals surface area contributed by atoms with Crippen molar-refractivity contribution in [1.82, 2.24) is 29.3 Å². The molecule has 2 N–H and O–H groups in total. The molecule has 18 heteroatoms. The van der Waals surface area contributed by atoms with Crippen molar-refractivity contribution in [2.24, 2.45) is 13.0 Å². The Kier molecular flexibility index (Phi) is 10.6. The first-order valence-corrected chi connectivity index (χ1v) is 20.1. The van der Waals surface area contributed by atoms with Crippen LogP contribution in [0.2, 0.25) is 0 Å². The van der Waals surface area contributed by atoms with Crippen molar-refractivity contribution in [2.75, 3.05) is 36.9 Å². The highest BCUT2D eigenvalue weighted by Crippen LogP contribution is 2.41. The highest BCUT2D eigenvalue weighted by Gasteiger charge is 2.35. The third-order valence-electron chi connectivity index (χ3n) is 11.8. The van der Waals surface area contributed by atoms with Gasteiger partial charge in [-0.1, -0.05) is 6.07 Å². The highest BCUT2D eigenvalue weighted by atomic mass is 32.1. The van der Waals surface area contributed by atoms with Crippen LogP contribution in [0.15, 0.2) is 47.3 Å². The number of aryl methyl sites for hydroxylation is 1. The van der Waals surface area contributed by atoms with Crippen LogP contribution >= 0.6 is 11.3 Å². The van der Waals surface area contributed by atoms with E-state index in [1.54, 1.807) is 7.05 Å². The SMILES string of the molecule is CN(CC1CCC(c2nc3cc(F)c(NC(=O)c4cccc(C(F)(F)F)n4)cc3s2)CC1)C1CCN(c2cc(F)cc3c2n(C)c(=O)n3C2CCC(=O)NC2=O)CC1. The molecule has 1 saturated carbocycles. The Morgan fingerprint density at radius 1 is 0.983 bits per heavy atom. The molecule has 58 heavy (non-hydrogen) atoms. The number of pyridine rings is 1. The van der Waals surface area contributed by atoms with Crippen molar-refractivity contribution in [1.29, 1.82) is 0 Å². The number of benzene rings is 2. The van der Waals surface area contributed by atoms with Crippen LogP contribution in [0, 0.1) is 17.6 Å². The van der Waals surface area contributed by atoms with E-state index in [-0.39, 0.29) is 24.4 Å². The van der Waals surface area contributed by atoms with Gasteiger partial charge in [0.1, 0.15) is 29.1 Å². The second-order valence-corrected chi connectivity index (χ2v) is 16.6. The van der Waals surface area contributed by atoms with Gasteiger partial charge in [-0.15, -0.1) is 11.3 Å². The Morgan fingerprint density at radius 3 is 2.43 bits per heavy atom. The van der Waals surface area contributed by atoms with Gasteiger partial charge in [0.2, 0.25) is 11.8 Å². The van der Waals surface area contributed by atoms with Gasteiger partial charge >= 0.3 is 11.9 Å². The maximum atomic E-state index is 15.1. The number of halogens is 5. The minimum Gasteiger partial charge on any atom is -0.370 e. The van der Waals surface area contributed by atoms with Gasteiger partial charge < -0.3 is 15.1 Å². The van der Waals surface area contributed by atoms with Gasteiger partial charge in [0, 0.05) is 51.1 Å². The molecule has 3 aliphatic rings. The predicted molar refractivity (Wildman–Crippen MR) is 208 cm³/mol. The fourth-order valence-corrected chi connectivity index (χ4v) is 9.92. The van der Waals surface area contributed by atoms with Crippen LogP contribution in [0.5, 0.6) is 0 Å². The summed E-state index contributed by atoms with van der Waals surface area (Å²) in [6.07, 6.45) is 1.02. The van der Waals surface area contributed by atoms with Crippen LogP contribution in [0.1, 0.15) is 84.5 Å². The molecule has 2 saturated heterocycles. The van der Waals surface area contributed by atoms with Crippen molar-refractivity contribution >= 4 is 61.7 Å². The number of amides is 3. The van der Waals surface area contributed by atoms with Gasteiger partial charge in [0.25, 0.3) is 5.91 Å². The minimum absolute atomic E-state index is 0.0963. The molecule has 2 aromatic carbocycles. The Hall–Kier alpha value is -5.23. The first-order valence-electron chi connectivity index (χ1n) is 19.3. The first-order chi connectivity index (χ1) is 27.6. The molecule has 8 rings (SSSR count). The molecule has 3 fully saturated rings. The van der Waals surface area contributed by atoms with Crippen molar-refractivity contribution in [3.8, 4) is 0 Å². The molecule has 3 aromatic heterocycles. The van der Waals surface area contributed by atoms with E-state index in [1.165, 1.54) is 44.7 Å². The summed E-state index contributed by atoms with van der Waals surface area (Å²) in [6, 6.07) is 7.79. The summed E-state index contributed by atoms with van der Waals surface area (Å²) in [6.45, 7) is 2.23. The lowest BCUT2D eigenvalue weighted by molar-refractivity contribution is -0.141. The van der Waals surface area contributed by atoms with E-state index in [4.69, 9.17) is 4.98 Å². The zero-order chi connectivity index (χ0) is 41.0. The van der Waals surface area contributed by atoms with E-state index >= 15 is 8.78 Å². The van der Waals surface area contributed by atoms with Crippen molar-refractivity contribution in [2.45, 2.75) is 75.5 Å². The number of nitrogens with one attached hydrogen (secondary N) is 2. The average molecular weight is 825 g/mol. The number of aromatic nitrogens is 4. The topological polar surface area (TPSA) is 134 Å². The van der Waals surface area contributed by atoms with Crippen LogP contribution in [-0.2, 0) is 22.8 Å². The lowest BCUT2D eigenvalue weighted by atomic mass is 9.82. The second kappa shape index (κ2) is 15.5. The van der Waals surface area contributed by atoms with Crippen molar-refractivity contribution in [3.05, 3.63) is 81.0 Å². The number of thiazole rings is 1. The van der Waals surface area contributed by atoms with Gasteiger partial charge in [-0.25, -0.2) is 23.5 Å². The Morgan fingerprint density at radius 2 is 1.72 bits per heavy atom. The van der Waals surface area contributed by atoms with Crippen LogP contribution in [0.25, 0.3) is 21.3 Å². The molecule has 2 aliphatic heterocycles. The summed E-state index contributed by atoms with van der Waals surface area (Å²) in [7, 11) is 3.75. The summed E-state index contributed by atoms with van der Waals surface area (Å²) in [5.74, 6) is -2.50. The molecule has 306 valence electrons. The monoisotopic (exact) mass is 824 g/mol. The summed E-state index contributed by atoms with van der Waals surface area (Å²) < 4.78 is 72.9. The van der Waals surface area contributed by atoms with E-state index in [0.717, 1.165) is 68.3 Å². The molecule has 0 bridgehead atoms. The van der Waals surface area contributed by atoms with Gasteiger partial charge in [-0.3, -0.25) is 28.8 Å². The average Bonchev–Trinajstić information content (AvgIpc) is 3.71. The number of alkyl halides is 3. The number of rotatable bonds is 8. The highest BCUT2D eigenvalue weighted by molar-refractivity contribution is 7.18. The van der Waals surface area contributed by atoms with E-state index in [1.807, 2.05) is 0 Å². The number of nitrogens with zero attached hydrogens (tertiary/aromatic N) is 6. The number of imidazole rings is 1. The molecule has 0 spiro atoms. The fourth-order valence-electron chi connectivity index (χ4n) is 8.77. The largest absolute Gasteiger partial charge is 0.433 e. The molecule has 1 atom stereocenters. The Balaban J connectivity index is 0.867. The first kappa shape index (κ1) is 39.6. The molecular formula is C40H41F5N8O4S. The molecule has 3 amide bonds. The molecule has 5 heterocycles. The third-order valence-corrected chi connectivity index (χ3v) is 13.0. The van der Waals surface area contributed by atoms with E-state index in [2.05, 4.69) is 32.5 Å².